The minimum absolute atomic E-state index is 0.0182. The van der Waals surface area contributed by atoms with E-state index < -0.39 is 23.7 Å². The van der Waals surface area contributed by atoms with Crippen LogP contribution < -0.4 is 10.6 Å². The molecule has 182 valence electrons. The van der Waals surface area contributed by atoms with Crippen LogP contribution in [0.3, 0.4) is 0 Å². The Bertz CT molecular complexity index is 1210. The van der Waals surface area contributed by atoms with Crippen molar-refractivity contribution in [1.29, 1.82) is 5.26 Å². The van der Waals surface area contributed by atoms with E-state index in [1.54, 1.807) is 0 Å². The molecular formula is C27H29N3O4S. The van der Waals surface area contributed by atoms with Gasteiger partial charge in [-0.1, -0.05) is 55.9 Å². The second-order valence-corrected chi connectivity index (χ2v) is 9.77. The molecule has 0 spiro atoms. The Morgan fingerprint density at radius 1 is 1.14 bits per heavy atom. The standard InChI is InChI=1S/C27H29N3O4S/c1-15(2)18-7-9-19(10-8-18)23-21(13-28)26(30-25(32)24(23)27(33)34-5)35-14-22(31)29-20-11-6-16(3)17(4)12-20/h6-12,15,23-24H,14H2,1-5H3,(H,29,31)(H,30,32)/t23-,24+/m1/s1. The number of nitrogens with one attached hydrogen (secondary N) is 2. The molecule has 2 N–H and O–H groups in total. The summed E-state index contributed by atoms with van der Waals surface area (Å²) >= 11 is 1.06. The van der Waals surface area contributed by atoms with E-state index in [9.17, 15) is 19.6 Å². The molecule has 0 unspecified atom stereocenters. The van der Waals surface area contributed by atoms with Crippen molar-refractivity contribution in [1.82, 2.24) is 5.32 Å². The van der Waals surface area contributed by atoms with Gasteiger partial charge in [-0.25, -0.2) is 0 Å². The van der Waals surface area contributed by atoms with Crippen LogP contribution in [0.1, 0.15) is 47.9 Å². The zero-order chi connectivity index (χ0) is 25.7. The van der Waals surface area contributed by atoms with Gasteiger partial charge in [-0.05, 0) is 54.2 Å². The SMILES string of the molecule is COC(=O)[C@@H]1C(=O)NC(SCC(=O)Nc2ccc(C)c(C)c2)=C(C#N)[C@H]1c1ccc(C(C)C)cc1. The molecule has 0 saturated heterocycles. The number of anilines is 1. The van der Waals surface area contributed by atoms with E-state index in [2.05, 4.69) is 30.6 Å². The highest BCUT2D eigenvalue weighted by Gasteiger charge is 2.44. The predicted molar refractivity (Wildman–Crippen MR) is 137 cm³/mol. The average molecular weight is 492 g/mol. The summed E-state index contributed by atoms with van der Waals surface area (Å²) in [4.78, 5) is 38.1. The lowest BCUT2D eigenvalue weighted by atomic mass is 9.78. The number of nitriles is 1. The van der Waals surface area contributed by atoms with Gasteiger partial charge in [-0.3, -0.25) is 14.4 Å². The fourth-order valence-electron chi connectivity index (χ4n) is 3.92. The Morgan fingerprint density at radius 3 is 2.40 bits per heavy atom. The van der Waals surface area contributed by atoms with Gasteiger partial charge in [0.25, 0.3) is 0 Å². The molecule has 2 atom stereocenters. The first-order chi connectivity index (χ1) is 16.7. The lowest BCUT2D eigenvalue weighted by Gasteiger charge is -2.31. The number of thioether (sulfide) groups is 1. The summed E-state index contributed by atoms with van der Waals surface area (Å²) in [6.45, 7) is 8.09. The van der Waals surface area contributed by atoms with Crippen molar-refractivity contribution >= 4 is 35.2 Å². The highest BCUT2D eigenvalue weighted by molar-refractivity contribution is 8.03. The van der Waals surface area contributed by atoms with Crippen LogP contribution in [0.15, 0.2) is 53.1 Å². The van der Waals surface area contributed by atoms with E-state index in [0.29, 0.717) is 17.2 Å². The monoisotopic (exact) mass is 491 g/mol. The molecule has 1 aliphatic rings. The first kappa shape index (κ1) is 26.0. The topological polar surface area (TPSA) is 108 Å². The molecule has 3 rings (SSSR count). The van der Waals surface area contributed by atoms with E-state index in [-0.39, 0.29) is 22.3 Å². The first-order valence-corrected chi connectivity index (χ1v) is 12.3. The Kier molecular flexibility index (Phi) is 8.36. The molecule has 0 radical (unpaired) electrons. The van der Waals surface area contributed by atoms with E-state index in [1.807, 2.05) is 56.3 Å². The largest absolute Gasteiger partial charge is 0.468 e. The second kappa shape index (κ2) is 11.2. The van der Waals surface area contributed by atoms with Gasteiger partial charge in [0.05, 0.1) is 29.5 Å². The molecule has 2 amide bonds. The summed E-state index contributed by atoms with van der Waals surface area (Å²) in [5.41, 5.74) is 4.84. The van der Waals surface area contributed by atoms with Gasteiger partial charge >= 0.3 is 5.97 Å². The highest BCUT2D eigenvalue weighted by atomic mass is 32.2. The lowest BCUT2D eigenvalue weighted by Crippen LogP contribution is -2.44. The first-order valence-electron chi connectivity index (χ1n) is 11.3. The van der Waals surface area contributed by atoms with Crippen LogP contribution in [-0.2, 0) is 19.1 Å². The Hall–Kier alpha value is -3.57. The number of ether oxygens (including phenoxy) is 1. The number of benzene rings is 2. The van der Waals surface area contributed by atoms with Gasteiger partial charge in [-0.15, -0.1) is 0 Å². The number of nitrogens with zero attached hydrogens (tertiary/aromatic N) is 1. The number of hydrogen-bond acceptors (Lipinski definition) is 6. The third-order valence-corrected chi connectivity index (χ3v) is 7.10. The summed E-state index contributed by atoms with van der Waals surface area (Å²) in [6.07, 6.45) is 0. The molecule has 1 heterocycles. The third kappa shape index (κ3) is 5.92. The number of carbonyl (C=O) groups excluding carboxylic acids is 3. The molecule has 0 fully saturated rings. The van der Waals surface area contributed by atoms with Crippen LogP contribution in [0, 0.1) is 31.1 Å². The molecule has 8 heteroatoms. The molecule has 2 aromatic carbocycles. The van der Waals surface area contributed by atoms with Crippen molar-refractivity contribution in [3.05, 3.63) is 75.3 Å². The molecule has 0 saturated carbocycles. The summed E-state index contributed by atoms with van der Waals surface area (Å²) in [6, 6.07) is 15.3. The van der Waals surface area contributed by atoms with Crippen molar-refractivity contribution in [2.45, 2.75) is 39.5 Å². The molecule has 35 heavy (non-hydrogen) atoms. The molecular weight excluding hydrogens is 462 g/mol. The third-order valence-electron chi connectivity index (χ3n) is 6.08. The van der Waals surface area contributed by atoms with E-state index >= 15 is 0 Å². The van der Waals surface area contributed by atoms with Gasteiger partial charge in [0.15, 0.2) is 0 Å². The molecule has 0 aliphatic carbocycles. The average Bonchev–Trinajstić information content (AvgIpc) is 2.84. The maximum atomic E-state index is 13.0. The number of methoxy groups -OCH3 is 1. The van der Waals surface area contributed by atoms with Crippen molar-refractivity contribution in [2.75, 3.05) is 18.2 Å². The number of hydrogen-bond donors (Lipinski definition) is 2. The quantitative estimate of drug-likeness (QED) is 0.435. The summed E-state index contributed by atoms with van der Waals surface area (Å²) in [5.74, 6) is -3.28. The van der Waals surface area contributed by atoms with Gasteiger partial charge in [0.2, 0.25) is 11.8 Å². The van der Waals surface area contributed by atoms with Gasteiger partial charge in [-0.2, -0.15) is 5.26 Å². The van der Waals surface area contributed by atoms with Gasteiger partial charge in [0.1, 0.15) is 5.92 Å². The van der Waals surface area contributed by atoms with Gasteiger partial charge in [0, 0.05) is 11.6 Å². The van der Waals surface area contributed by atoms with Crippen LogP contribution in [0.4, 0.5) is 5.69 Å². The van der Waals surface area contributed by atoms with Crippen LogP contribution in [0.5, 0.6) is 0 Å². The molecule has 7 nitrogen and oxygen atoms in total. The Balaban J connectivity index is 1.89. The molecule has 0 aromatic heterocycles. The number of aryl methyl sites for hydroxylation is 2. The smallest absolute Gasteiger partial charge is 0.319 e. The minimum atomic E-state index is -1.20. The molecule has 1 aliphatic heterocycles. The zero-order valence-electron chi connectivity index (χ0n) is 20.5. The Labute approximate surface area is 209 Å². The highest BCUT2D eigenvalue weighted by Crippen LogP contribution is 2.40. The second-order valence-electron chi connectivity index (χ2n) is 8.78. The van der Waals surface area contributed by atoms with E-state index in [0.717, 1.165) is 28.5 Å². The van der Waals surface area contributed by atoms with Crippen molar-refractivity contribution in [2.24, 2.45) is 5.92 Å². The van der Waals surface area contributed by atoms with Crippen LogP contribution >= 0.6 is 11.8 Å². The zero-order valence-corrected chi connectivity index (χ0v) is 21.3. The van der Waals surface area contributed by atoms with Crippen molar-refractivity contribution < 1.29 is 19.1 Å². The Morgan fingerprint density at radius 2 is 1.83 bits per heavy atom. The summed E-state index contributed by atoms with van der Waals surface area (Å²) in [5, 5.41) is 15.8. The molecule has 0 bridgehead atoms. The summed E-state index contributed by atoms with van der Waals surface area (Å²) in [7, 11) is 1.21. The van der Waals surface area contributed by atoms with Crippen molar-refractivity contribution in [3.63, 3.8) is 0 Å². The minimum Gasteiger partial charge on any atom is -0.468 e. The number of carbonyl (C=O) groups is 3. The lowest BCUT2D eigenvalue weighted by molar-refractivity contribution is -0.150. The fourth-order valence-corrected chi connectivity index (χ4v) is 4.77. The molecule has 2 aromatic rings. The van der Waals surface area contributed by atoms with Crippen LogP contribution in [0.25, 0.3) is 0 Å². The van der Waals surface area contributed by atoms with E-state index in [1.165, 1.54) is 7.11 Å². The van der Waals surface area contributed by atoms with Gasteiger partial charge < -0.3 is 15.4 Å². The normalized spacial score (nSPS) is 17.6. The van der Waals surface area contributed by atoms with Crippen LogP contribution in [-0.4, -0.2) is 30.6 Å². The summed E-state index contributed by atoms with van der Waals surface area (Å²) < 4.78 is 4.88. The maximum Gasteiger partial charge on any atom is 0.319 e. The maximum absolute atomic E-state index is 13.0. The predicted octanol–water partition coefficient (Wildman–Crippen LogP) is 4.54. The number of allylic oxidation sites excluding steroid dienone is 1. The number of amides is 2. The number of rotatable bonds is 7. The van der Waals surface area contributed by atoms with Crippen molar-refractivity contribution in [3.8, 4) is 6.07 Å². The van der Waals surface area contributed by atoms with E-state index in [4.69, 9.17) is 4.74 Å². The van der Waals surface area contributed by atoms with Crippen LogP contribution in [0.2, 0.25) is 0 Å². The fraction of sp³-hybridized carbons (Fsp3) is 0.333. The number of esters is 1.